The molecule has 0 aliphatic heterocycles. The number of carboxylic acid groups (broad SMARTS) is 1. The Hall–Kier alpha value is -1.09. The van der Waals surface area contributed by atoms with E-state index < -0.39 is 5.97 Å². The van der Waals surface area contributed by atoms with Crippen LogP contribution in [0.4, 0.5) is 0 Å². The second-order valence-electron chi connectivity index (χ2n) is 8.35. The van der Waals surface area contributed by atoms with E-state index in [4.69, 9.17) is 0 Å². The molecule has 0 aromatic heterocycles. The van der Waals surface area contributed by atoms with Crippen LogP contribution in [0.1, 0.15) is 103 Å². The molecule has 0 spiro atoms. The van der Waals surface area contributed by atoms with Gasteiger partial charge in [-0.2, -0.15) is 0 Å². The van der Waals surface area contributed by atoms with Crippen molar-refractivity contribution in [2.45, 2.75) is 103 Å². The van der Waals surface area contributed by atoms with Gasteiger partial charge in [0.1, 0.15) is 0 Å². The van der Waals surface area contributed by atoms with Gasteiger partial charge in [0.25, 0.3) is 0 Å². The van der Waals surface area contributed by atoms with E-state index in [1.165, 1.54) is 70.6 Å². The SMILES string of the molecule is CCCCC/C=C\C/C=C\CCCCCCCCCC(CCN(C)C)C(=O)O. The maximum absolute atomic E-state index is 11.3. The van der Waals surface area contributed by atoms with Crippen molar-refractivity contribution in [2.75, 3.05) is 20.6 Å². The Morgan fingerprint density at radius 1 is 0.786 bits per heavy atom. The molecule has 3 nitrogen and oxygen atoms in total. The number of allylic oxidation sites excluding steroid dienone is 4. The standard InChI is InChI=1S/C25H47NO2/c1-4-5-6-7-8-9-10-11-12-13-14-15-16-17-18-19-20-21-24(25(27)28)22-23-26(2)3/h8-9,11-12,24H,4-7,10,13-23H2,1-3H3,(H,27,28)/b9-8-,12-11-. The number of hydrogen-bond acceptors (Lipinski definition) is 2. The number of hydrogen-bond donors (Lipinski definition) is 1. The lowest BCUT2D eigenvalue weighted by Gasteiger charge is -2.15. The fourth-order valence-electron chi connectivity index (χ4n) is 3.36. The minimum Gasteiger partial charge on any atom is -0.481 e. The second-order valence-corrected chi connectivity index (χ2v) is 8.35. The molecule has 0 saturated carbocycles. The highest BCUT2D eigenvalue weighted by atomic mass is 16.4. The largest absolute Gasteiger partial charge is 0.481 e. The zero-order valence-electron chi connectivity index (χ0n) is 19.0. The van der Waals surface area contributed by atoms with Gasteiger partial charge in [0.2, 0.25) is 0 Å². The van der Waals surface area contributed by atoms with Gasteiger partial charge in [-0.15, -0.1) is 0 Å². The maximum Gasteiger partial charge on any atom is 0.306 e. The number of nitrogens with zero attached hydrogens (tertiary/aromatic N) is 1. The van der Waals surface area contributed by atoms with Crippen LogP contribution in [0.15, 0.2) is 24.3 Å². The van der Waals surface area contributed by atoms with Gasteiger partial charge in [-0.3, -0.25) is 4.79 Å². The molecule has 0 aromatic carbocycles. The molecule has 164 valence electrons. The lowest BCUT2D eigenvalue weighted by molar-refractivity contribution is -0.142. The van der Waals surface area contributed by atoms with E-state index in [0.717, 1.165) is 32.2 Å². The molecule has 0 radical (unpaired) electrons. The average molecular weight is 394 g/mol. The molecule has 1 N–H and O–H groups in total. The molecule has 0 aliphatic rings. The van der Waals surface area contributed by atoms with Gasteiger partial charge >= 0.3 is 5.97 Å². The average Bonchev–Trinajstić information content (AvgIpc) is 2.66. The molecule has 0 aromatic rings. The summed E-state index contributed by atoms with van der Waals surface area (Å²) in [6.45, 7) is 3.11. The van der Waals surface area contributed by atoms with E-state index in [-0.39, 0.29) is 5.92 Å². The third kappa shape index (κ3) is 19.7. The molecule has 1 unspecified atom stereocenters. The van der Waals surface area contributed by atoms with Crippen LogP contribution in [0.2, 0.25) is 0 Å². The number of carboxylic acids is 1. The number of rotatable bonds is 20. The Morgan fingerprint density at radius 2 is 1.32 bits per heavy atom. The number of aliphatic carboxylic acids is 1. The lowest BCUT2D eigenvalue weighted by atomic mass is 9.97. The predicted octanol–water partition coefficient (Wildman–Crippen LogP) is 7.23. The first-order valence-corrected chi connectivity index (χ1v) is 11.8. The van der Waals surface area contributed by atoms with Gasteiger partial charge in [-0.25, -0.2) is 0 Å². The van der Waals surface area contributed by atoms with Gasteiger partial charge in [-0.1, -0.05) is 82.6 Å². The Bertz CT molecular complexity index is 401. The number of unbranched alkanes of at least 4 members (excludes halogenated alkanes) is 10. The molecule has 0 amide bonds. The summed E-state index contributed by atoms with van der Waals surface area (Å²) in [5, 5.41) is 9.29. The van der Waals surface area contributed by atoms with Crippen molar-refractivity contribution >= 4 is 5.97 Å². The van der Waals surface area contributed by atoms with E-state index in [2.05, 4.69) is 36.1 Å². The maximum atomic E-state index is 11.3. The predicted molar refractivity (Wildman–Crippen MR) is 123 cm³/mol. The number of carbonyl (C=O) groups is 1. The molecule has 0 fully saturated rings. The van der Waals surface area contributed by atoms with Crippen molar-refractivity contribution in [3.63, 3.8) is 0 Å². The highest BCUT2D eigenvalue weighted by Gasteiger charge is 2.16. The Kier molecular flexibility index (Phi) is 19.8. The molecule has 0 aliphatic carbocycles. The summed E-state index contributed by atoms with van der Waals surface area (Å²) < 4.78 is 0. The summed E-state index contributed by atoms with van der Waals surface area (Å²) in [5.41, 5.74) is 0. The smallest absolute Gasteiger partial charge is 0.306 e. The molecular formula is C25H47NO2. The molecule has 28 heavy (non-hydrogen) atoms. The molecule has 0 bridgehead atoms. The summed E-state index contributed by atoms with van der Waals surface area (Å²) in [5.74, 6) is -0.790. The first kappa shape index (κ1) is 26.9. The van der Waals surface area contributed by atoms with E-state index in [9.17, 15) is 9.90 Å². The van der Waals surface area contributed by atoms with Crippen molar-refractivity contribution in [1.29, 1.82) is 0 Å². The van der Waals surface area contributed by atoms with E-state index >= 15 is 0 Å². The van der Waals surface area contributed by atoms with Gasteiger partial charge < -0.3 is 10.0 Å². The monoisotopic (exact) mass is 393 g/mol. The summed E-state index contributed by atoms with van der Waals surface area (Å²) >= 11 is 0. The van der Waals surface area contributed by atoms with Crippen LogP contribution >= 0.6 is 0 Å². The van der Waals surface area contributed by atoms with Gasteiger partial charge in [-0.05, 0) is 65.6 Å². The minimum atomic E-state index is -0.623. The first-order valence-electron chi connectivity index (χ1n) is 11.8. The summed E-state index contributed by atoms with van der Waals surface area (Å²) in [6.07, 6.45) is 27.0. The summed E-state index contributed by atoms with van der Waals surface area (Å²) in [6, 6.07) is 0. The van der Waals surface area contributed by atoms with Crippen molar-refractivity contribution in [3.05, 3.63) is 24.3 Å². The van der Waals surface area contributed by atoms with Gasteiger partial charge in [0, 0.05) is 0 Å². The van der Waals surface area contributed by atoms with Crippen LogP contribution in [0.25, 0.3) is 0 Å². The van der Waals surface area contributed by atoms with Crippen molar-refractivity contribution in [3.8, 4) is 0 Å². The minimum absolute atomic E-state index is 0.166. The molecule has 0 heterocycles. The van der Waals surface area contributed by atoms with E-state index in [1.807, 2.05) is 14.1 Å². The third-order valence-electron chi connectivity index (χ3n) is 5.28. The van der Waals surface area contributed by atoms with Crippen LogP contribution in [0.5, 0.6) is 0 Å². The van der Waals surface area contributed by atoms with Crippen molar-refractivity contribution in [2.24, 2.45) is 5.92 Å². The van der Waals surface area contributed by atoms with Crippen LogP contribution in [-0.2, 0) is 4.79 Å². The molecule has 0 rings (SSSR count). The Morgan fingerprint density at radius 3 is 1.86 bits per heavy atom. The molecule has 0 saturated heterocycles. The third-order valence-corrected chi connectivity index (χ3v) is 5.28. The summed E-state index contributed by atoms with van der Waals surface area (Å²) in [4.78, 5) is 13.4. The van der Waals surface area contributed by atoms with E-state index in [1.54, 1.807) is 0 Å². The van der Waals surface area contributed by atoms with Gasteiger partial charge in [0.05, 0.1) is 5.92 Å². The van der Waals surface area contributed by atoms with Gasteiger partial charge in [0.15, 0.2) is 0 Å². The van der Waals surface area contributed by atoms with Crippen molar-refractivity contribution < 1.29 is 9.90 Å². The fraction of sp³-hybridized carbons (Fsp3) is 0.800. The van der Waals surface area contributed by atoms with Crippen LogP contribution < -0.4 is 0 Å². The first-order chi connectivity index (χ1) is 13.6. The van der Waals surface area contributed by atoms with Crippen LogP contribution in [-0.4, -0.2) is 36.6 Å². The van der Waals surface area contributed by atoms with Crippen molar-refractivity contribution in [1.82, 2.24) is 4.90 Å². The molecule has 1 atom stereocenters. The zero-order valence-corrected chi connectivity index (χ0v) is 19.0. The zero-order chi connectivity index (χ0) is 20.9. The highest BCUT2D eigenvalue weighted by Crippen LogP contribution is 2.16. The Labute approximate surface area is 175 Å². The quantitative estimate of drug-likeness (QED) is 0.175. The summed E-state index contributed by atoms with van der Waals surface area (Å²) in [7, 11) is 4.00. The normalized spacial score (nSPS) is 13.1. The second kappa shape index (κ2) is 20.6. The molecular weight excluding hydrogens is 346 g/mol. The topological polar surface area (TPSA) is 40.5 Å². The highest BCUT2D eigenvalue weighted by molar-refractivity contribution is 5.69. The fourth-order valence-corrected chi connectivity index (χ4v) is 3.36. The van der Waals surface area contributed by atoms with Crippen LogP contribution in [0, 0.1) is 5.92 Å². The molecule has 3 heteroatoms. The lowest BCUT2D eigenvalue weighted by Crippen LogP contribution is -2.21. The van der Waals surface area contributed by atoms with E-state index in [0.29, 0.717) is 0 Å². The Balaban J connectivity index is 3.42. The van der Waals surface area contributed by atoms with Crippen LogP contribution in [0.3, 0.4) is 0 Å².